The molecule has 2 aliphatic rings. The van der Waals surface area contributed by atoms with Crippen molar-refractivity contribution >= 4 is 41.9 Å². The van der Waals surface area contributed by atoms with Crippen LogP contribution in [0.1, 0.15) is 80.7 Å². The highest BCUT2D eigenvalue weighted by molar-refractivity contribution is 5.87. The van der Waals surface area contributed by atoms with Crippen LogP contribution >= 0.6 is 0 Å². The van der Waals surface area contributed by atoms with Crippen LogP contribution in [0.25, 0.3) is 6.08 Å². The van der Waals surface area contributed by atoms with Crippen LogP contribution in [-0.2, 0) is 57.2 Å². The molecule has 0 fully saturated rings. The third-order valence-electron chi connectivity index (χ3n) is 9.09. The Morgan fingerprint density at radius 2 is 1.33 bits per heavy atom. The van der Waals surface area contributed by atoms with Crippen LogP contribution in [0.2, 0.25) is 0 Å². The van der Waals surface area contributed by atoms with Gasteiger partial charge in [0.2, 0.25) is 0 Å². The van der Waals surface area contributed by atoms with E-state index >= 15 is 0 Å². The van der Waals surface area contributed by atoms with Gasteiger partial charge < -0.3 is 33.5 Å². The van der Waals surface area contributed by atoms with Crippen LogP contribution in [0.4, 0.5) is 0 Å². The number of hydrogen-bond donors (Lipinski definition) is 1. The van der Waals surface area contributed by atoms with E-state index in [2.05, 4.69) is 0 Å². The lowest BCUT2D eigenvalue weighted by Crippen LogP contribution is -2.48. The average Bonchev–Trinajstić information content (AvgIpc) is 3.03. The van der Waals surface area contributed by atoms with E-state index in [0.29, 0.717) is 16.7 Å². The third kappa shape index (κ3) is 11.0. The van der Waals surface area contributed by atoms with Crippen molar-refractivity contribution in [1.29, 1.82) is 0 Å². The maximum absolute atomic E-state index is 13.4. The first-order valence-corrected chi connectivity index (χ1v) is 16.9. The Morgan fingerprint density at radius 3 is 1.87 bits per heavy atom. The molecule has 6 atom stereocenters. The predicted octanol–water partition coefficient (Wildman–Crippen LogP) is 4.86. The Balaban J connectivity index is 2.43. The first kappa shape index (κ1) is 41.4. The van der Waals surface area contributed by atoms with E-state index in [-0.39, 0.29) is 29.7 Å². The number of hydrogen-bond acceptors (Lipinski definition) is 13. The van der Waals surface area contributed by atoms with Gasteiger partial charge in [0.25, 0.3) is 0 Å². The summed E-state index contributed by atoms with van der Waals surface area (Å²) in [7, 11) is 0. The summed E-state index contributed by atoms with van der Waals surface area (Å²) in [4.78, 5) is 75.7. The summed E-state index contributed by atoms with van der Waals surface area (Å²) >= 11 is 0. The summed E-state index contributed by atoms with van der Waals surface area (Å²) in [6.45, 7) is 12.3. The van der Waals surface area contributed by atoms with Gasteiger partial charge in [-0.05, 0) is 54.5 Å². The number of benzene rings is 1. The molecular formula is C39H48O13. The van der Waals surface area contributed by atoms with E-state index in [9.17, 15) is 33.9 Å². The van der Waals surface area contributed by atoms with E-state index in [4.69, 9.17) is 28.4 Å². The van der Waals surface area contributed by atoms with Gasteiger partial charge in [-0.1, -0.05) is 44.2 Å². The normalized spacial score (nSPS) is 27.2. The maximum Gasteiger partial charge on any atom is 0.331 e. The largest absolute Gasteiger partial charge is 0.461 e. The SMILES string of the molecule is CC(=O)OC/C1=C\[C@H](OC(C)=O)[C@@H]2C[C@H](OC(C)=O)C(C)=C([C@@H](O)/C(OC(C)=O)=C(\C)[C@@H](OC(C)=O)C[C@@H]1OC(=O)/C=C/c1ccccc1)C2(C)C. The summed E-state index contributed by atoms with van der Waals surface area (Å²) in [5, 5.41) is 12.2. The van der Waals surface area contributed by atoms with Crippen LogP contribution in [-0.4, -0.2) is 78.0 Å². The maximum atomic E-state index is 13.4. The van der Waals surface area contributed by atoms with Crippen molar-refractivity contribution in [3.05, 3.63) is 76.1 Å². The molecule has 0 aromatic heterocycles. The molecular weight excluding hydrogens is 676 g/mol. The summed E-state index contributed by atoms with van der Waals surface area (Å²) in [6.07, 6.45) is -2.19. The molecule has 13 nitrogen and oxygen atoms in total. The fraction of sp³-hybridized carbons (Fsp3) is 0.487. The standard InChI is InChI=1S/C39H48O13/c1-21-31(48-24(4)41)18-30-34(50-26(6)43)17-29(20-47-23(3)40)33(52-35(45)16-15-28-13-11-10-12-14-28)19-32(49-25(5)42)22(2)38(51-27(7)44)37(46)36(21)39(30,8)9/h10-17,30-34,37,46H,18-20H2,1-9H3/b16-15+,29-17+,38-22-/t30-,31-,32-,33-,34-,37+/m0/s1. The average molecular weight is 725 g/mol. The predicted molar refractivity (Wildman–Crippen MR) is 186 cm³/mol. The second kappa shape index (κ2) is 17.9. The summed E-state index contributed by atoms with van der Waals surface area (Å²) in [5.41, 5.74) is 0.719. The fourth-order valence-electron chi connectivity index (χ4n) is 6.79. The molecule has 0 saturated carbocycles. The Morgan fingerprint density at radius 1 is 0.750 bits per heavy atom. The Labute approximate surface area is 303 Å². The van der Waals surface area contributed by atoms with Crippen molar-refractivity contribution in [2.24, 2.45) is 11.3 Å². The lowest BCUT2D eigenvalue weighted by atomic mass is 9.60. The number of carbonyl (C=O) groups excluding carboxylic acids is 6. The number of fused-ring (bicyclic) bond motifs is 2. The highest BCUT2D eigenvalue weighted by Crippen LogP contribution is 2.51. The Bertz CT molecular complexity index is 1660. The van der Waals surface area contributed by atoms with Crippen molar-refractivity contribution in [3.63, 3.8) is 0 Å². The monoisotopic (exact) mass is 724 g/mol. The second-order valence-corrected chi connectivity index (χ2v) is 13.4. The number of esters is 6. The first-order valence-electron chi connectivity index (χ1n) is 16.9. The molecule has 1 N–H and O–H groups in total. The summed E-state index contributed by atoms with van der Waals surface area (Å²) in [6, 6.07) is 8.97. The molecule has 13 heteroatoms. The van der Waals surface area contributed by atoms with Gasteiger partial charge in [0, 0.05) is 64.2 Å². The number of carbonyl (C=O) groups is 6. The van der Waals surface area contributed by atoms with E-state index in [1.54, 1.807) is 45.0 Å². The molecule has 0 heterocycles. The number of aliphatic hydroxyl groups is 1. The van der Waals surface area contributed by atoms with Crippen molar-refractivity contribution < 1.29 is 62.3 Å². The van der Waals surface area contributed by atoms with Gasteiger partial charge in [0.05, 0.1) is 0 Å². The number of aliphatic hydroxyl groups excluding tert-OH is 1. The first-order chi connectivity index (χ1) is 24.3. The van der Waals surface area contributed by atoms with Gasteiger partial charge in [0.1, 0.15) is 42.9 Å². The molecule has 1 aromatic rings. The molecule has 2 bridgehead atoms. The number of ether oxygens (including phenoxy) is 6. The second-order valence-electron chi connectivity index (χ2n) is 13.4. The van der Waals surface area contributed by atoms with Crippen LogP contribution in [0.15, 0.2) is 70.5 Å². The topological polar surface area (TPSA) is 178 Å². The molecule has 282 valence electrons. The molecule has 1 aromatic carbocycles. The molecule has 0 unspecified atom stereocenters. The molecule has 52 heavy (non-hydrogen) atoms. The van der Waals surface area contributed by atoms with E-state index in [0.717, 1.165) is 13.8 Å². The van der Waals surface area contributed by atoms with E-state index < -0.39 is 84.3 Å². The minimum Gasteiger partial charge on any atom is -0.461 e. The van der Waals surface area contributed by atoms with Crippen molar-refractivity contribution in [2.45, 2.75) is 106 Å². The molecule has 3 rings (SSSR count). The molecule has 0 saturated heterocycles. The van der Waals surface area contributed by atoms with Crippen LogP contribution in [0, 0.1) is 11.3 Å². The number of rotatable bonds is 9. The minimum absolute atomic E-state index is 0.116. The Kier molecular flexibility index (Phi) is 14.3. The summed E-state index contributed by atoms with van der Waals surface area (Å²) in [5.74, 6) is -5.26. The van der Waals surface area contributed by atoms with Crippen LogP contribution < -0.4 is 0 Å². The Hall–Kier alpha value is -5.04. The van der Waals surface area contributed by atoms with Gasteiger partial charge in [-0.3, -0.25) is 24.0 Å². The van der Waals surface area contributed by atoms with E-state index in [1.807, 2.05) is 6.07 Å². The van der Waals surface area contributed by atoms with Crippen molar-refractivity contribution in [1.82, 2.24) is 0 Å². The van der Waals surface area contributed by atoms with Gasteiger partial charge in [-0.2, -0.15) is 0 Å². The van der Waals surface area contributed by atoms with Crippen LogP contribution in [0.5, 0.6) is 0 Å². The molecule has 0 spiro atoms. The lowest BCUT2D eigenvalue weighted by Gasteiger charge is -2.48. The van der Waals surface area contributed by atoms with Crippen molar-refractivity contribution in [2.75, 3.05) is 6.61 Å². The summed E-state index contributed by atoms with van der Waals surface area (Å²) < 4.78 is 34.4. The van der Waals surface area contributed by atoms with Crippen molar-refractivity contribution in [3.8, 4) is 0 Å². The van der Waals surface area contributed by atoms with Gasteiger partial charge >= 0.3 is 35.8 Å². The quantitative estimate of drug-likeness (QED) is 0.158. The molecule has 0 radical (unpaired) electrons. The highest BCUT2D eigenvalue weighted by Gasteiger charge is 2.50. The van der Waals surface area contributed by atoms with Gasteiger partial charge in [-0.25, -0.2) is 4.79 Å². The highest BCUT2D eigenvalue weighted by atomic mass is 16.6. The minimum atomic E-state index is -1.64. The zero-order valence-corrected chi connectivity index (χ0v) is 31.1. The third-order valence-corrected chi connectivity index (χ3v) is 9.09. The smallest absolute Gasteiger partial charge is 0.331 e. The van der Waals surface area contributed by atoms with Gasteiger partial charge in [0.15, 0.2) is 0 Å². The van der Waals surface area contributed by atoms with Gasteiger partial charge in [-0.15, -0.1) is 0 Å². The zero-order chi connectivity index (χ0) is 38.9. The van der Waals surface area contributed by atoms with Crippen LogP contribution in [0.3, 0.4) is 0 Å². The molecule has 0 amide bonds. The lowest BCUT2D eigenvalue weighted by molar-refractivity contribution is -0.154. The fourth-order valence-corrected chi connectivity index (χ4v) is 6.79. The van der Waals surface area contributed by atoms with E-state index in [1.165, 1.54) is 45.9 Å². The zero-order valence-electron chi connectivity index (χ0n) is 31.1. The molecule has 0 aliphatic heterocycles. The molecule has 2 aliphatic carbocycles.